The van der Waals surface area contributed by atoms with Gasteiger partial charge in [0.2, 0.25) is 0 Å². The van der Waals surface area contributed by atoms with Gasteiger partial charge in [-0.15, -0.1) is 0 Å². The lowest BCUT2D eigenvalue weighted by Gasteiger charge is -2.16. The molecule has 3 aromatic heterocycles. The third-order valence-electron chi connectivity index (χ3n) is 10.00. The molecule has 7 aromatic carbocycles. The number of nitrogens with zero attached hydrogens (tertiary/aromatic N) is 7. The average molecular weight is 690 g/mol. The predicted octanol–water partition coefficient (Wildman–Crippen LogP) is 11.5. The number of fused-ring (bicyclic) bond motifs is 6. The summed E-state index contributed by atoms with van der Waals surface area (Å²) in [5.74, 6) is 1.46. The first-order valence-corrected chi connectivity index (χ1v) is 17.5. The lowest BCUT2D eigenvalue weighted by molar-refractivity contribution is 1.07. The van der Waals surface area contributed by atoms with Crippen LogP contribution < -0.4 is 0 Å². The van der Waals surface area contributed by atoms with E-state index in [0.717, 1.165) is 50.1 Å². The molecule has 0 amide bonds. The lowest BCUT2D eigenvalue weighted by Crippen LogP contribution is -2.03. The standard InChI is InChI=1S/C47H27N7/c1-49-34-24-22-32(23-25-34)46-50-45(31-20-18-30(29-48)19-21-31)51-47(52-46)33-26-35(53-41-14-6-2-10-37(41)38-11-3-7-15-42(38)53)28-36(27-33)54-43-16-8-4-12-39(43)40-13-5-9-17-44(40)54/h2-28H. The quantitative estimate of drug-likeness (QED) is 0.169. The van der Waals surface area contributed by atoms with Gasteiger partial charge in [-0.05, 0) is 66.7 Å². The third-order valence-corrected chi connectivity index (χ3v) is 10.00. The molecule has 54 heavy (non-hydrogen) atoms. The van der Waals surface area contributed by atoms with Gasteiger partial charge in [0.1, 0.15) is 0 Å². The van der Waals surface area contributed by atoms with Crippen molar-refractivity contribution in [2.75, 3.05) is 0 Å². The van der Waals surface area contributed by atoms with Crippen molar-refractivity contribution < 1.29 is 0 Å². The summed E-state index contributed by atoms with van der Waals surface area (Å²) < 4.78 is 4.64. The lowest BCUT2D eigenvalue weighted by atomic mass is 10.1. The number of hydrogen-bond donors (Lipinski definition) is 0. The SMILES string of the molecule is [C-]#[N+]c1ccc(-c2nc(-c3ccc(C#N)cc3)nc(-c3cc(-n4c5ccccc5c5ccccc54)cc(-n4c5ccccc5c5ccccc54)c3)n2)cc1. The first kappa shape index (κ1) is 30.9. The zero-order valence-electron chi connectivity index (χ0n) is 28.7. The molecule has 3 heterocycles. The van der Waals surface area contributed by atoms with Gasteiger partial charge in [0.15, 0.2) is 23.2 Å². The first-order valence-electron chi connectivity index (χ1n) is 17.5. The van der Waals surface area contributed by atoms with Gasteiger partial charge in [0.25, 0.3) is 0 Å². The summed E-state index contributed by atoms with van der Waals surface area (Å²) in [5, 5.41) is 14.2. The Bertz CT molecular complexity index is 2860. The molecule has 0 unspecified atom stereocenters. The highest BCUT2D eigenvalue weighted by Gasteiger charge is 2.19. The second-order valence-electron chi connectivity index (χ2n) is 13.1. The van der Waals surface area contributed by atoms with E-state index in [4.69, 9.17) is 21.5 Å². The van der Waals surface area contributed by atoms with Crippen LogP contribution in [0.4, 0.5) is 5.69 Å². The largest absolute Gasteiger partial charge is 0.309 e. The summed E-state index contributed by atoms with van der Waals surface area (Å²) in [5.41, 5.74) is 9.74. The van der Waals surface area contributed by atoms with Gasteiger partial charge in [-0.2, -0.15) is 5.26 Å². The Morgan fingerprint density at radius 3 is 1.20 bits per heavy atom. The van der Waals surface area contributed by atoms with E-state index in [1.54, 1.807) is 24.3 Å². The molecule has 7 nitrogen and oxygen atoms in total. The van der Waals surface area contributed by atoms with Crippen LogP contribution in [0.5, 0.6) is 0 Å². The molecule has 0 radical (unpaired) electrons. The van der Waals surface area contributed by atoms with Crippen molar-refractivity contribution in [1.82, 2.24) is 24.1 Å². The maximum absolute atomic E-state index is 9.48. The summed E-state index contributed by atoms with van der Waals surface area (Å²) in [6.07, 6.45) is 0. The fraction of sp³-hybridized carbons (Fsp3) is 0. The van der Waals surface area contributed by atoms with E-state index in [1.165, 1.54) is 21.5 Å². The topological polar surface area (TPSA) is 76.7 Å². The highest BCUT2D eigenvalue weighted by atomic mass is 15.0. The first-order chi connectivity index (χ1) is 26.7. The van der Waals surface area contributed by atoms with Gasteiger partial charge < -0.3 is 9.13 Å². The highest BCUT2D eigenvalue weighted by Crippen LogP contribution is 2.38. The Balaban J connectivity index is 1.29. The molecule has 0 aliphatic heterocycles. The van der Waals surface area contributed by atoms with Crippen molar-refractivity contribution in [1.29, 1.82) is 5.26 Å². The van der Waals surface area contributed by atoms with Crippen molar-refractivity contribution >= 4 is 49.3 Å². The van der Waals surface area contributed by atoms with Crippen LogP contribution in [0.2, 0.25) is 0 Å². The van der Waals surface area contributed by atoms with Gasteiger partial charge in [0.05, 0.1) is 40.3 Å². The summed E-state index contributed by atoms with van der Waals surface area (Å²) in [4.78, 5) is 18.7. The number of para-hydroxylation sites is 4. The molecule has 10 rings (SSSR count). The molecule has 0 fully saturated rings. The molecule has 0 saturated carbocycles. The van der Waals surface area contributed by atoms with Crippen LogP contribution in [0, 0.1) is 17.9 Å². The number of aromatic nitrogens is 5. The number of rotatable bonds is 5. The van der Waals surface area contributed by atoms with E-state index in [-0.39, 0.29) is 0 Å². The third kappa shape index (κ3) is 5.00. The van der Waals surface area contributed by atoms with E-state index < -0.39 is 0 Å². The van der Waals surface area contributed by atoms with Crippen molar-refractivity contribution in [2.45, 2.75) is 0 Å². The van der Waals surface area contributed by atoms with Crippen LogP contribution >= 0.6 is 0 Å². The monoisotopic (exact) mass is 689 g/mol. The van der Waals surface area contributed by atoms with Crippen LogP contribution in [-0.4, -0.2) is 24.1 Å². The molecule has 0 saturated heterocycles. The summed E-state index contributed by atoms with van der Waals surface area (Å²) in [6.45, 7) is 7.46. The highest BCUT2D eigenvalue weighted by molar-refractivity contribution is 6.10. The van der Waals surface area contributed by atoms with Crippen LogP contribution in [0.15, 0.2) is 164 Å². The van der Waals surface area contributed by atoms with Crippen LogP contribution in [0.3, 0.4) is 0 Å². The smallest absolute Gasteiger partial charge is 0.187 e. The molecule has 10 aromatic rings. The van der Waals surface area contributed by atoms with Crippen LogP contribution in [-0.2, 0) is 0 Å². The molecular formula is C47H27N7. The number of benzene rings is 7. The van der Waals surface area contributed by atoms with E-state index >= 15 is 0 Å². The Kier molecular flexibility index (Phi) is 7.11. The maximum atomic E-state index is 9.48. The predicted molar refractivity (Wildman–Crippen MR) is 216 cm³/mol. The molecule has 0 atom stereocenters. The molecule has 0 aliphatic carbocycles. The van der Waals surface area contributed by atoms with Crippen LogP contribution in [0.25, 0.3) is 94.0 Å². The molecular weight excluding hydrogens is 663 g/mol. The van der Waals surface area contributed by atoms with Crippen molar-refractivity contribution in [2.24, 2.45) is 0 Å². The summed E-state index contributed by atoms with van der Waals surface area (Å²) >= 11 is 0. The minimum atomic E-state index is 0.481. The van der Waals surface area contributed by atoms with E-state index in [1.807, 2.05) is 24.3 Å². The second kappa shape index (κ2) is 12.4. The molecule has 0 N–H and O–H groups in total. The van der Waals surface area contributed by atoms with E-state index in [9.17, 15) is 5.26 Å². The van der Waals surface area contributed by atoms with Crippen molar-refractivity contribution in [3.05, 3.63) is 181 Å². The maximum Gasteiger partial charge on any atom is 0.187 e. The second-order valence-corrected chi connectivity index (χ2v) is 13.1. The Morgan fingerprint density at radius 2 is 0.815 bits per heavy atom. The van der Waals surface area contributed by atoms with Gasteiger partial charge >= 0.3 is 0 Å². The fourth-order valence-corrected chi connectivity index (χ4v) is 7.53. The average Bonchev–Trinajstić information content (AvgIpc) is 3.77. The zero-order chi connectivity index (χ0) is 36.2. The van der Waals surface area contributed by atoms with E-state index in [2.05, 4.69) is 135 Å². The van der Waals surface area contributed by atoms with Gasteiger partial charge in [-0.25, -0.2) is 19.8 Å². The molecule has 0 aliphatic rings. The molecule has 0 bridgehead atoms. The Labute approximate surface area is 310 Å². The van der Waals surface area contributed by atoms with Crippen molar-refractivity contribution in [3.8, 4) is 51.6 Å². The molecule has 0 spiro atoms. The summed E-state index contributed by atoms with van der Waals surface area (Å²) in [7, 11) is 0. The van der Waals surface area contributed by atoms with Crippen molar-refractivity contribution in [3.63, 3.8) is 0 Å². The molecule has 250 valence electrons. The number of hydrogen-bond acceptors (Lipinski definition) is 4. The van der Waals surface area contributed by atoms with Gasteiger partial charge in [-0.1, -0.05) is 97.1 Å². The Hall–Kier alpha value is -7.87. The fourth-order valence-electron chi connectivity index (χ4n) is 7.53. The Morgan fingerprint density at radius 1 is 0.444 bits per heavy atom. The van der Waals surface area contributed by atoms with Gasteiger partial charge in [-0.3, -0.25) is 0 Å². The number of nitriles is 1. The minimum Gasteiger partial charge on any atom is -0.309 e. The molecule has 7 heteroatoms. The normalized spacial score (nSPS) is 11.3. The van der Waals surface area contributed by atoms with E-state index in [0.29, 0.717) is 28.7 Å². The summed E-state index contributed by atoms with van der Waals surface area (Å²) in [6, 6.07) is 57.3. The minimum absolute atomic E-state index is 0.481. The van der Waals surface area contributed by atoms with Gasteiger partial charge in [0, 0.05) is 49.6 Å². The zero-order valence-corrected chi connectivity index (χ0v) is 28.7. The van der Waals surface area contributed by atoms with Crippen LogP contribution in [0.1, 0.15) is 5.56 Å².